The number of aliphatic hydroxyl groups is 1. The first-order valence-corrected chi connectivity index (χ1v) is 12.5. The van der Waals surface area contributed by atoms with Crippen molar-refractivity contribution in [1.82, 2.24) is 0 Å². The molecular formula is C28H32O7. The van der Waals surface area contributed by atoms with Crippen molar-refractivity contribution in [3.05, 3.63) is 0 Å². The Labute approximate surface area is 207 Å². The van der Waals surface area contributed by atoms with Crippen LogP contribution in [0.1, 0.15) is 57.8 Å². The lowest BCUT2D eigenvalue weighted by atomic mass is 9.85. The summed E-state index contributed by atoms with van der Waals surface area (Å²) in [5.74, 6) is 14.7. The predicted octanol–water partition coefficient (Wildman–Crippen LogP) is 2.16. The summed E-state index contributed by atoms with van der Waals surface area (Å²) in [4.78, 5) is 12.7. The Morgan fingerprint density at radius 1 is 0.857 bits per heavy atom. The molecule has 2 heterocycles. The molecule has 4 aliphatic rings. The molecular weight excluding hydrogens is 448 g/mol. The molecule has 35 heavy (non-hydrogen) atoms. The lowest BCUT2D eigenvalue weighted by Gasteiger charge is -2.44. The molecule has 4 rings (SSSR count). The van der Waals surface area contributed by atoms with Crippen molar-refractivity contribution in [3.63, 3.8) is 0 Å². The first-order valence-electron chi connectivity index (χ1n) is 12.5. The molecule has 4 atom stereocenters. The van der Waals surface area contributed by atoms with Gasteiger partial charge in [-0.2, -0.15) is 0 Å². The van der Waals surface area contributed by atoms with E-state index >= 15 is 0 Å². The number of aliphatic hydroxyl groups excluding tert-OH is 1. The Morgan fingerprint density at radius 2 is 1.57 bits per heavy atom. The van der Waals surface area contributed by atoms with Crippen LogP contribution >= 0.6 is 0 Å². The molecule has 2 aliphatic heterocycles. The SMILES string of the molecule is C#CC#CC#CC#COC1CCC(C(=O)OC2CCC([C@@H]3OC[C@H]4OCC[C@@H](O)[C@@H]4O3)CC2)CC1. The smallest absolute Gasteiger partial charge is 0.309 e. The van der Waals surface area contributed by atoms with E-state index in [4.69, 9.17) is 30.1 Å². The molecule has 0 aromatic carbocycles. The fourth-order valence-electron chi connectivity index (χ4n) is 5.22. The number of hydrogen-bond acceptors (Lipinski definition) is 7. The number of terminal acetylenes is 1. The molecule has 0 bridgehead atoms. The van der Waals surface area contributed by atoms with Gasteiger partial charge in [-0.25, -0.2) is 0 Å². The highest BCUT2D eigenvalue weighted by molar-refractivity contribution is 5.72. The molecule has 0 spiro atoms. The van der Waals surface area contributed by atoms with E-state index in [2.05, 4.69) is 41.6 Å². The lowest BCUT2D eigenvalue weighted by molar-refractivity contribution is -0.311. The lowest BCUT2D eigenvalue weighted by Crippen LogP contribution is -2.55. The average Bonchev–Trinajstić information content (AvgIpc) is 2.89. The highest BCUT2D eigenvalue weighted by atomic mass is 16.7. The van der Waals surface area contributed by atoms with Gasteiger partial charge in [-0.15, -0.1) is 6.42 Å². The molecule has 0 radical (unpaired) electrons. The molecule has 2 aliphatic carbocycles. The summed E-state index contributed by atoms with van der Waals surface area (Å²) >= 11 is 0. The molecule has 4 fully saturated rings. The topological polar surface area (TPSA) is 83.5 Å². The van der Waals surface area contributed by atoms with Crippen molar-refractivity contribution in [1.29, 1.82) is 0 Å². The Kier molecular flexibility index (Phi) is 9.36. The number of rotatable bonds is 4. The fourth-order valence-corrected chi connectivity index (χ4v) is 5.22. The third-order valence-electron chi connectivity index (χ3n) is 7.20. The maximum Gasteiger partial charge on any atom is 0.309 e. The van der Waals surface area contributed by atoms with Crippen LogP contribution in [0.2, 0.25) is 0 Å². The van der Waals surface area contributed by atoms with Gasteiger partial charge in [-0.1, -0.05) is 0 Å². The second-order valence-electron chi connectivity index (χ2n) is 9.50. The van der Waals surface area contributed by atoms with Crippen molar-refractivity contribution in [2.24, 2.45) is 11.8 Å². The third kappa shape index (κ3) is 7.18. The zero-order valence-electron chi connectivity index (χ0n) is 19.9. The minimum absolute atomic E-state index is 0.00348. The van der Waals surface area contributed by atoms with Crippen LogP contribution in [-0.2, 0) is 28.5 Å². The normalized spacial score (nSPS) is 36.2. The van der Waals surface area contributed by atoms with Crippen LogP contribution in [0, 0.1) is 59.9 Å². The fraction of sp³-hybridized carbons (Fsp3) is 0.679. The number of carbonyl (C=O) groups excluding carboxylic acids is 1. The molecule has 186 valence electrons. The van der Waals surface area contributed by atoms with E-state index in [1.54, 1.807) is 0 Å². The molecule has 7 heteroatoms. The van der Waals surface area contributed by atoms with E-state index in [1.807, 2.05) is 0 Å². The summed E-state index contributed by atoms with van der Waals surface area (Å²) in [6, 6.07) is 0. The van der Waals surface area contributed by atoms with Crippen LogP contribution in [-0.4, -0.2) is 61.1 Å². The van der Waals surface area contributed by atoms with Gasteiger partial charge in [0.25, 0.3) is 0 Å². The summed E-state index contributed by atoms with van der Waals surface area (Å²) in [7, 11) is 0. The summed E-state index contributed by atoms with van der Waals surface area (Å²) in [6.07, 6.45) is 13.1. The minimum Gasteiger partial charge on any atom is -0.462 e. The van der Waals surface area contributed by atoms with Gasteiger partial charge in [0.1, 0.15) is 30.5 Å². The van der Waals surface area contributed by atoms with Crippen LogP contribution < -0.4 is 0 Å². The van der Waals surface area contributed by atoms with E-state index in [0.717, 1.165) is 51.4 Å². The van der Waals surface area contributed by atoms with Gasteiger partial charge >= 0.3 is 5.97 Å². The molecule has 7 nitrogen and oxygen atoms in total. The second-order valence-corrected chi connectivity index (χ2v) is 9.50. The largest absolute Gasteiger partial charge is 0.462 e. The number of carbonyl (C=O) groups is 1. The first kappa shape index (κ1) is 25.4. The van der Waals surface area contributed by atoms with E-state index in [-0.39, 0.29) is 48.5 Å². The van der Waals surface area contributed by atoms with Crippen molar-refractivity contribution >= 4 is 5.97 Å². The Balaban J connectivity index is 1.13. The van der Waals surface area contributed by atoms with Crippen LogP contribution in [0.15, 0.2) is 0 Å². The highest BCUT2D eigenvalue weighted by Gasteiger charge is 2.43. The first-order chi connectivity index (χ1) is 17.1. The average molecular weight is 481 g/mol. The number of hydrogen-bond donors (Lipinski definition) is 1. The number of ether oxygens (including phenoxy) is 5. The van der Waals surface area contributed by atoms with Crippen molar-refractivity contribution in [2.75, 3.05) is 13.2 Å². The summed E-state index contributed by atoms with van der Waals surface area (Å²) in [5.41, 5.74) is 0. The van der Waals surface area contributed by atoms with Gasteiger partial charge in [0.2, 0.25) is 0 Å². The number of esters is 1. The van der Waals surface area contributed by atoms with Gasteiger partial charge in [-0.3, -0.25) is 4.79 Å². The van der Waals surface area contributed by atoms with Crippen LogP contribution in [0.25, 0.3) is 0 Å². The Morgan fingerprint density at radius 3 is 2.34 bits per heavy atom. The van der Waals surface area contributed by atoms with E-state index < -0.39 is 6.10 Å². The molecule has 0 aromatic heterocycles. The third-order valence-corrected chi connectivity index (χ3v) is 7.20. The Bertz CT molecular complexity index is 949. The summed E-state index contributed by atoms with van der Waals surface area (Å²) < 4.78 is 29.0. The zero-order chi connectivity index (χ0) is 24.5. The van der Waals surface area contributed by atoms with Gasteiger partial charge in [0.05, 0.1) is 18.6 Å². The van der Waals surface area contributed by atoms with E-state index in [0.29, 0.717) is 19.6 Å². The monoisotopic (exact) mass is 480 g/mol. The Hall–Kier alpha value is -2.65. The van der Waals surface area contributed by atoms with Gasteiger partial charge in [0, 0.05) is 30.3 Å². The minimum atomic E-state index is -0.502. The summed E-state index contributed by atoms with van der Waals surface area (Å²) in [6.45, 7) is 0.992. The van der Waals surface area contributed by atoms with E-state index in [1.165, 1.54) is 0 Å². The number of fused-ring (bicyclic) bond motifs is 1. The second kappa shape index (κ2) is 12.9. The van der Waals surface area contributed by atoms with Crippen molar-refractivity contribution in [2.45, 2.75) is 94.6 Å². The van der Waals surface area contributed by atoms with Gasteiger partial charge < -0.3 is 28.8 Å². The van der Waals surface area contributed by atoms with E-state index in [9.17, 15) is 9.90 Å². The predicted molar refractivity (Wildman–Crippen MR) is 126 cm³/mol. The maximum absolute atomic E-state index is 12.7. The molecule has 2 saturated carbocycles. The summed E-state index contributed by atoms with van der Waals surface area (Å²) in [5, 5.41) is 10.2. The molecule has 0 aromatic rings. The molecule has 1 N–H and O–H groups in total. The van der Waals surface area contributed by atoms with Crippen molar-refractivity contribution < 1.29 is 33.6 Å². The molecule has 2 saturated heterocycles. The molecule has 0 amide bonds. The van der Waals surface area contributed by atoms with Crippen LogP contribution in [0.4, 0.5) is 0 Å². The molecule has 0 unspecified atom stereocenters. The van der Waals surface area contributed by atoms with Crippen LogP contribution in [0.5, 0.6) is 0 Å². The van der Waals surface area contributed by atoms with Gasteiger partial charge in [0.15, 0.2) is 6.29 Å². The van der Waals surface area contributed by atoms with Crippen molar-refractivity contribution in [3.8, 4) is 48.1 Å². The highest BCUT2D eigenvalue weighted by Crippen LogP contribution is 2.36. The van der Waals surface area contributed by atoms with Crippen LogP contribution in [0.3, 0.4) is 0 Å². The standard InChI is InChI=1S/C28H32O7/c1-2-3-4-5-6-7-17-31-22-12-8-20(9-13-22)27(30)34-23-14-10-21(11-15-23)28-33-19-25-26(35-28)24(29)16-18-32-25/h1,20-26,28-29H,8-16,18-19H2/t20?,21?,22?,23?,24-,25-,26+,28-/m1/s1. The maximum atomic E-state index is 12.7. The zero-order valence-corrected chi connectivity index (χ0v) is 19.9. The quantitative estimate of drug-likeness (QED) is 0.488. The van der Waals surface area contributed by atoms with Gasteiger partial charge in [-0.05, 0) is 75.5 Å².